The second-order valence-corrected chi connectivity index (χ2v) is 52.8. The van der Waals surface area contributed by atoms with Crippen molar-refractivity contribution in [3.63, 3.8) is 0 Å². The molecule has 2 aromatic heterocycles. The van der Waals surface area contributed by atoms with Crippen LogP contribution in [0.5, 0.6) is 5.75 Å². The van der Waals surface area contributed by atoms with Gasteiger partial charge in [0.25, 0.3) is 17.7 Å². The fourth-order valence-electron chi connectivity index (χ4n) is 15.2. The molecule has 0 saturated carbocycles. The Labute approximate surface area is 815 Å². The van der Waals surface area contributed by atoms with Crippen molar-refractivity contribution in [2.45, 2.75) is 95.7 Å². The van der Waals surface area contributed by atoms with Crippen molar-refractivity contribution in [2.75, 3.05) is 74.4 Å². The van der Waals surface area contributed by atoms with Gasteiger partial charge in [-0.25, -0.2) is 14.2 Å². The van der Waals surface area contributed by atoms with Gasteiger partial charge in [-0.05, 0) is 104 Å². The monoisotopic (exact) mass is 2130 g/mol. The number of H-pyrrole nitrogens is 2. The summed E-state index contributed by atoms with van der Waals surface area (Å²) in [7, 11) is -9.95. The Morgan fingerprint density at radius 3 is 1.84 bits per heavy atom. The number of hydrogen-bond acceptors (Lipinski definition) is 38. The van der Waals surface area contributed by atoms with Crippen LogP contribution >= 0.6 is 66.7 Å². The molecule has 7 aliphatic rings. The predicted molar refractivity (Wildman–Crippen MR) is 501 cm³/mol. The van der Waals surface area contributed by atoms with Crippen LogP contribution in [0.4, 0.5) is 0 Å². The number of carboxylic acid groups (broad SMARTS) is 2. The number of hydrogen-bond donors (Lipinski definition) is 12. The number of carbonyl (C=O) groups is 5. The number of halogens is 2. The van der Waals surface area contributed by atoms with Crippen LogP contribution in [-0.2, 0) is 115 Å². The van der Waals surface area contributed by atoms with Crippen LogP contribution in [-0.4, -0.2) is 193 Å². The molecule has 0 bridgehead atoms. The third-order valence-corrected chi connectivity index (χ3v) is 42.5. The van der Waals surface area contributed by atoms with Gasteiger partial charge in [-0.2, -0.15) is 0 Å². The van der Waals surface area contributed by atoms with Gasteiger partial charge in [-0.3, -0.25) is 24.1 Å². The first-order chi connectivity index (χ1) is 67.7. The summed E-state index contributed by atoms with van der Waals surface area (Å²) in [6, 6.07) is 17.6. The maximum Gasteiger partial charge on any atom is 0.337 e. The van der Waals surface area contributed by atoms with Gasteiger partial charge in [-0.15, -0.1) is 0 Å². The molecule has 4 unspecified atom stereocenters. The van der Waals surface area contributed by atoms with E-state index in [1.807, 2.05) is 81.0 Å². The number of phenols is 1. The summed E-state index contributed by atoms with van der Waals surface area (Å²) in [4.78, 5) is 160. The third-order valence-electron chi connectivity index (χ3n) is 22.4. The molecule has 4 aromatic carbocycles. The quantitative estimate of drug-likeness (QED) is 0.00324. The number of phenolic OH excluding ortho intramolecular Hbond substituents is 1. The normalized spacial score (nSPS) is 17.7. The Kier molecular flexibility index (Phi) is 36.1. The van der Waals surface area contributed by atoms with Gasteiger partial charge in [0, 0.05) is 85.6 Å². The smallest absolute Gasteiger partial charge is 0.337 e. The van der Waals surface area contributed by atoms with E-state index in [2.05, 4.69) is 78.4 Å². The van der Waals surface area contributed by atoms with E-state index < -0.39 is 145 Å². The van der Waals surface area contributed by atoms with E-state index in [0.717, 1.165) is 33.5 Å². The number of nitrogens with one attached hydrogen (secondary N) is 5. The van der Waals surface area contributed by atoms with Crippen molar-refractivity contribution in [3.05, 3.63) is 262 Å². The summed E-state index contributed by atoms with van der Waals surface area (Å²) >= 11 is 14.0. The zero-order valence-electron chi connectivity index (χ0n) is 74.8. The van der Waals surface area contributed by atoms with Gasteiger partial charge in [0.2, 0.25) is 5.71 Å². The van der Waals surface area contributed by atoms with Crippen molar-refractivity contribution in [1.82, 2.24) is 40.0 Å². The minimum atomic E-state index is -6.59. The summed E-state index contributed by atoms with van der Waals surface area (Å²) in [6.45, 7) is -12.9. The summed E-state index contributed by atoms with van der Waals surface area (Å²) in [5.41, 5.74) is -1.12. The molecule has 0 spiro atoms. The van der Waals surface area contributed by atoms with E-state index in [1.54, 1.807) is 12.1 Å². The zero-order chi connectivity index (χ0) is 103. The van der Waals surface area contributed by atoms with Gasteiger partial charge < -0.3 is 49.9 Å². The van der Waals surface area contributed by atoms with Crippen LogP contribution in [0, 0.1) is 29.6 Å². The van der Waals surface area contributed by atoms with Crippen LogP contribution < -0.4 is 53.7 Å². The van der Waals surface area contributed by atoms with Gasteiger partial charge in [0.15, 0.2) is 5.43 Å². The summed E-state index contributed by atoms with van der Waals surface area (Å²) in [5.74, 6) is 6.18. The fraction of sp³-hybridized carbons (Fsp3) is 0.314. The largest absolute Gasteiger partial charge is 0.478 e. The fourth-order valence-corrected chi connectivity index (χ4v) is 24.7. The molecule has 756 valence electrons. The molecule has 2 saturated heterocycles. The van der Waals surface area contributed by atoms with Gasteiger partial charge in [0.05, 0.1) is 51.4 Å². The number of fused-ring (bicyclic) bond motifs is 4. The van der Waals surface area contributed by atoms with Crippen LogP contribution in [0.1, 0.15) is 134 Å². The van der Waals surface area contributed by atoms with Crippen molar-refractivity contribution >= 4 is 119 Å². The first-order valence-electron chi connectivity index (χ1n) is 42.1. The molecule has 48 nitrogen and oxygen atoms in total. The second-order valence-electron chi connectivity index (χ2n) is 31.7. The van der Waals surface area contributed by atoms with Gasteiger partial charge in [-0.1, -0.05) is 60.5 Å². The molecule has 6 heterocycles. The number of aromatic hydroxyl groups is 1. The number of allylic oxidation sites excluding steroid dienone is 4. The number of benzene rings is 5. The molecule has 0 radical (unpaired) electrons. The van der Waals surface area contributed by atoms with Crippen molar-refractivity contribution < 1.29 is 171 Å². The average Bonchev–Trinajstić information content (AvgIpc) is 1.41. The molecular weight excluding hydrogens is 2040 g/mol. The Morgan fingerprint density at radius 2 is 1.27 bits per heavy atom. The van der Waals surface area contributed by atoms with E-state index >= 15 is 0 Å². The van der Waals surface area contributed by atoms with Crippen LogP contribution in [0.3, 0.4) is 0 Å². The topological polar surface area (TPSA) is 678 Å². The number of aromatic nitrogens is 4. The maximum absolute atomic E-state index is 14.2. The number of aromatic amines is 2. The zero-order valence-corrected chi connectivity index (χ0v) is 81.7. The molecule has 142 heavy (non-hydrogen) atoms. The first-order valence-corrected chi connectivity index (χ1v) is 54.4. The van der Waals surface area contributed by atoms with Crippen LogP contribution in [0.25, 0.3) is 39.0 Å². The molecule has 6 aromatic rings. The Bertz CT molecular complexity index is 7120. The molecule has 4 aliphatic heterocycles. The Balaban J connectivity index is 0.000000486. The average molecular weight is 2130 g/mol. The van der Waals surface area contributed by atoms with E-state index in [4.69, 9.17) is 76.1 Å². The van der Waals surface area contributed by atoms with Gasteiger partial charge >= 0.3 is 359 Å². The van der Waals surface area contributed by atoms with Crippen LogP contribution in [0.2, 0.25) is 10.0 Å². The number of carbonyl (C=O) groups excluding carboxylic acids is 3. The summed E-state index contributed by atoms with van der Waals surface area (Å²) in [5, 5.41) is 82.6. The Morgan fingerprint density at radius 1 is 0.676 bits per heavy atom. The Hall–Kier alpha value is -12.0. The maximum atomic E-state index is 14.2. The first kappa shape index (κ1) is 109. The minimum absolute atomic E-state index is 0. The number of amides is 3. The molecule has 3 aliphatic carbocycles. The molecular formula is C86H90Cl2N9O39P6+. The molecule has 2 fully saturated rings. The van der Waals surface area contributed by atoms with Crippen LogP contribution in [0.15, 0.2) is 173 Å². The van der Waals surface area contributed by atoms with Crippen molar-refractivity contribution in [1.29, 1.82) is 0 Å². The molecule has 12 N–H and O–H groups in total. The molecule has 8 atom stereocenters. The number of likely N-dealkylation sites (N-methyl/N-ethyl adjacent to an activating group) is 1. The van der Waals surface area contributed by atoms with Crippen molar-refractivity contribution in [2.24, 2.45) is 5.92 Å². The number of aromatic carboxylic acids is 2. The summed E-state index contributed by atoms with van der Waals surface area (Å²) in [6.07, 6.45) is 10.5. The van der Waals surface area contributed by atoms with Crippen molar-refractivity contribution in [3.8, 4) is 51.9 Å². The van der Waals surface area contributed by atoms with Gasteiger partial charge in [0.1, 0.15) is 42.7 Å². The van der Waals surface area contributed by atoms with E-state index in [1.165, 1.54) is 66.9 Å². The number of nitrogens with zero attached hydrogens (tertiary/aromatic N) is 4. The second kappa shape index (κ2) is 47.1. The number of carboxylic acids is 2. The summed E-state index contributed by atoms with van der Waals surface area (Å²) < 4.78 is 135. The van der Waals surface area contributed by atoms with E-state index in [0.29, 0.717) is 34.8 Å². The standard InChI is InChI=1S/C70H62Cl2N7O25P3.C16H23N2O14P3.2H2/c1-77(2)40-13-18-46-54(28-40)100-55-29-41(78(3)4)14-19-47(55)59(46)61-60(69(88)89)52(71)31-50(62(61)72)67(85)74-32-36-8-10-37(11-9-36)64(82)75-33-51-53(81)22-21-48-58(45-20-15-42(80)30-56(45)101-63(48)51)49-27-38(12-17-44(49)68(86)87)65(83)73-24-26-97-25-6-5-7-39-34-79(70(90)76-66(39)84)57-23-16-43(99-57)35-98-107(103-92,104-102-91,105(93)94)106(95)96;1-2-8-27-9-4-3-5-12-10-18(16(20)17-15(12)19)14-7-6-13(29-14)11-28-35(31-22,32-30-21,33(23)24)34(25)26;;/h8-15,17-22,27-31,34,40,43,47,57H,7,16,23-26,32-33,35H2,1-4H3,(H8-,73,74,75,76,80,81,82,83,84,85,86,87,88,89,90,91,92);10,13-14,21-22H,2,5-9,11H2,1H3,(H,17,19,20);2*1H/p+1/t40?,43-,47?,57+;13-,14+;;/m00../s1. The minimum Gasteiger partial charge on any atom is -0.478 e. The van der Waals surface area contributed by atoms with E-state index in [9.17, 15) is 106 Å². The molecule has 56 heteroatoms. The predicted octanol–water partition coefficient (Wildman–Crippen LogP) is 10.6. The SMILES string of the molecule is CCCOCC#CCc1cn([C@H]2CC[C@@H](COP(OO)(OOO)([P+](=O)[O-])[P+](=O)[O-])O2)c(=O)[nH]c1=O.CN(C)C1C=CC2=C(c3c(Cl)c(C(=O)NCc4ccc(C(=O)NCc5c(O)ccc6c(-c7cc(C(=O)NCCOCC#CCc8cn([C@H]9CC[C@@H](COP(OO)(OOO)(P(=O)=O)P(=O)=O)O9)c(=O)[nH]c8=O)ccc7C(=O)O)c7ccc(=O)cc-7oc56)cc4)cc(Cl)c3C(=O)O)C3C=CC(=[N+](C)C)C=C3OC2=C1.[HH].[HH]. The molecule has 13 rings (SSSR count). The number of rotatable bonds is 39. The van der Waals surface area contributed by atoms with E-state index in [-0.39, 0.29) is 186 Å². The third kappa shape index (κ3) is 23.3. The number of ether oxygens (including phenoxy) is 5. The molecule has 3 amide bonds.